The number of hydrogen-bond acceptors (Lipinski definition) is 4. The Morgan fingerprint density at radius 3 is 2.60 bits per heavy atom. The second-order valence-corrected chi connectivity index (χ2v) is 5.31. The van der Waals surface area contributed by atoms with Gasteiger partial charge in [-0.1, -0.05) is 31.2 Å². The first-order valence-electron chi connectivity index (χ1n) is 6.55. The van der Waals surface area contributed by atoms with Gasteiger partial charge in [-0.15, -0.1) is 0 Å². The normalized spacial score (nSPS) is 11.9. The quantitative estimate of drug-likeness (QED) is 0.908. The lowest BCUT2D eigenvalue weighted by Crippen LogP contribution is -2.31. The highest BCUT2D eigenvalue weighted by molar-refractivity contribution is 7.09. The van der Waals surface area contributed by atoms with Gasteiger partial charge in [0.2, 0.25) is 5.13 Å². The summed E-state index contributed by atoms with van der Waals surface area (Å²) < 4.78 is 4.01. The van der Waals surface area contributed by atoms with Gasteiger partial charge in [0.05, 0.1) is 6.04 Å². The number of nitrogens with zero attached hydrogens (tertiary/aromatic N) is 2. The summed E-state index contributed by atoms with van der Waals surface area (Å²) in [5.74, 6) is 0.661. The third-order valence-electron chi connectivity index (χ3n) is 2.98. The average Bonchev–Trinajstić information content (AvgIpc) is 2.84. The number of nitrogens with one attached hydrogen (secondary N) is 2. The van der Waals surface area contributed by atoms with Gasteiger partial charge in [-0.25, -0.2) is 9.78 Å². The maximum Gasteiger partial charge on any atom is 0.321 e. The zero-order chi connectivity index (χ0) is 14.5. The molecule has 0 unspecified atom stereocenters. The Morgan fingerprint density at radius 2 is 2.05 bits per heavy atom. The summed E-state index contributed by atoms with van der Waals surface area (Å²) in [7, 11) is 0. The molecular formula is C14H18N4OS. The van der Waals surface area contributed by atoms with Crippen LogP contribution in [0.4, 0.5) is 9.93 Å². The Balaban J connectivity index is 1.92. The van der Waals surface area contributed by atoms with Crippen molar-refractivity contribution in [3.8, 4) is 0 Å². The highest BCUT2D eigenvalue weighted by Crippen LogP contribution is 2.15. The number of aryl methyl sites for hydroxylation is 2. The summed E-state index contributed by atoms with van der Waals surface area (Å²) in [4.78, 5) is 15.9. The average molecular weight is 290 g/mol. The fourth-order valence-electron chi connectivity index (χ4n) is 1.80. The van der Waals surface area contributed by atoms with Gasteiger partial charge in [0.15, 0.2) is 0 Å². The Morgan fingerprint density at radius 1 is 1.35 bits per heavy atom. The lowest BCUT2D eigenvalue weighted by molar-refractivity contribution is 0.249. The summed E-state index contributed by atoms with van der Waals surface area (Å²) in [6.45, 7) is 5.86. The number of anilines is 1. The van der Waals surface area contributed by atoms with Gasteiger partial charge in [0.1, 0.15) is 5.82 Å². The molecule has 0 spiro atoms. The molecule has 0 radical (unpaired) electrons. The molecule has 0 saturated carbocycles. The number of rotatable bonds is 4. The van der Waals surface area contributed by atoms with Crippen LogP contribution in [-0.2, 0) is 6.42 Å². The zero-order valence-corrected chi connectivity index (χ0v) is 12.6. The van der Waals surface area contributed by atoms with Crippen LogP contribution in [0.15, 0.2) is 24.3 Å². The fraction of sp³-hybridized carbons (Fsp3) is 0.357. The predicted molar refractivity (Wildman–Crippen MR) is 81.0 cm³/mol. The molecule has 2 aromatic rings. The molecule has 1 aromatic heterocycles. The van der Waals surface area contributed by atoms with Crippen LogP contribution in [0.3, 0.4) is 0 Å². The molecule has 1 aromatic carbocycles. The Labute approximate surface area is 122 Å². The van der Waals surface area contributed by atoms with Crippen LogP contribution in [0.2, 0.25) is 0 Å². The molecule has 0 aliphatic carbocycles. The van der Waals surface area contributed by atoms with Crippen molar-refractivity contribution < 1.29 is 4.79 Å². The molecular weight excluding hydrogens is 272 g/mol. The van der Waals surface area contributed by atoms with Crippen LogP contribution < -0.4 is 10.6 Å². The van der Waals surface area contributed by atoms with Crippen LogP contribution in [0.5, 0.6) is 0 Å². The third kappa shape index (κ3) is 3.77. The van der Waals surface area contributed by atoms with E-state index >= 15 is 0 Å². The van der Waals surface area contributed by atoms with E-state index in [-0.39, 0.29) is 12.1 Å². The minimum atomic E-state index is -0.270. The van der Waals surface area contributed by atoms with Crippen molar-refractivity contribution in [3.05, 3.63) is 41.2 Å². The zero-order valence-electron chi connectivity index (χ0n) is 11.8. The van der Waals surface area contributed by atoms with Gasteiger partial charge < -0.3 is 5.32 Å². The fourth-order valence-corrected chi connectivity index (χ4v) is 2.37. The van der Waals surface area contributed by atoms with E-state index in [1.807, 2.05) is 19.1 Å². The van der Waals surface area contributed by atoms with Crippen molar-refractivity contribution in [2.24, 2.45) is 0 Å². The lowest BCUT2D eigenvalue weighted by Gasteiger charge is -2.14. The molecule has 1 atom stereocenters. The van der Waals surface area contributed by atoms with Crippen molar-refractivity contribution in [3.63, 3.8) is 0 Å². The summed E-state index contributed by atoms with van der Waals surface area (Å²) in [6, 6.07) is 7.92. The van der Waals surface area contributed by atoms with Crippen molar-refractivity contribution >= 4 is 22.7 Å². The van der Waals surface area contributed by atoms with Crippen molar-refractivity contribution in [1.82, 2.24) is 14.7 Å². The minimum Gasteiger partial charge on any atom is -0.331 e. The van der Waals surface area contributed by atoms with Crippen LogP contribution in [0.1, 0.15) is 36.8 Å². The summed E-state index contributed by atoms with van der Waals surface area (Å²) in [5.41, 5.74) is 2.36. The van der Waals surface area contributed by atoms with E-state index in [9.17, 15) is 4.79 Å². The number of benzene rings is 1. The topological polar surface area (TPSA) is 66.9 Å². The highest BCUT2D eigenvalue weighted by atomic mass is 32.1. The molecule has 20 heavy (non-hydrogen) atoms. The molecule has 0 saturated heterocycles. The van der Waals surface area contributed by atoms with E-state index in [1.165, 1.54) is 17.1 Å². The third-order valence-corrected chi connectivity index (χ3v) is 3.71. The van der Waals surface area contributed by atoms with Crippen molar-refractivity contribution in [2.45, 2.75) is 33.2 Å². The van der Waals surface area contributed by atoms with Crippen molar-refractivity contribution in [1.29, 1.82) is 0 Å². The Kier molecular flexibility index (Phi) is 4.68. The molecule has 106 valence electrons. The molecule has 6 heteroatoms. The standard InChI is InChI=1S/C14H18N4OS/c1-4-11-5-7-12(8-6-11)9(2)15-13(19)17-14-16-10(3)18-20-14/h5-9H,4H2,1-3H3,(H2,15,16,17,18,19)/t9-/m1/s1. The predicted octanol–water partition coefficient (Wildman–Crippen LogP) is 3.29. The highest BCUT2D eigenvalue weighted by Gasteiger charge is 2.11. The second kappa shape index (κ2) is 6.47. The van der Waals surface area contributed by atoms with E-state index in [2.05, 4.69) is 39.0 Å². The molecule has 2 N–H and O–H groups in total. The maximum absolute atomic E-state index is 11.8. The first-order chi connectivity index (χ1) is 9.58. The Hall–Kier alpha value is -1.95. The number of carbonyl (C=O) groups is 1. The van der Waals surface area contributed by atoms with Crippen LogP contribution in [0.25, 0.3) is 0 Å². The summed E-state index contributed by atoms with van der Waals surface area (Å²) >= 11 is 1.17. The first-order valence-corrected chi connectivity index (χ1v) is 7.32. The van der Waals surface area contributed by atoms with Crippen LogP contribution in [0, 0.1) is 6.92 Å². The number of hydrogen-bond donors (Lipinski definition) is 2. The number of aromatic nitrogens is 2. The second-order valence-electron chi connectivity index (χ2n) is 4.56. The molecule has 0 aliphatic rings. The van der Waals surface area contributed by atoms with E-state index in [0.29, 0.717) is 11.0 Å². The van der Waals surface area contributed by atoms with Crippen molar-refractivity contribution in [2.75, 3.05) is 5.32 Å². The monoisotopic (exact) mass is 290 g/mol. The molecule has 0 fully saturated rings. The molecule has 2 rings (SSSR count). The molecule has 2 amide bonds. The van der Waals surface area contributed by atoms with Crippen LogP contribution in [-0.4, -0.2) is 15.4 Å². The van der Waals surface area contributed by atoms with Gasteiger partial charge in [0, 0.05) is 11.5 Å². The Bertz CT molecular complexity index is 579. The molecule has 0 bridgehead atoms. The van der Waals surface area contributed by atoms with Crippen LogP contribution >= 0.6 is 11.5 Å². The summed E-state index contributed by atoms with van der Waals surface area (Å²) in [6.07, 6.45) is 1.01. The molecule has 5 nitrogen and oxygen atoms in total. The van der Waals surface area contributed by atoms with Gasteiger partial charge in [-0.3, -0.25) is 5.32 Å². The largest absolute Gasteiger partial charge is 0.331 e. The number of carbonyl (C=O) groups excluding carboxylic acids is 1. The maximum atomic E-state index is 11.8. The van der Waals surface area contributed by atoms with E-state index in [1.54, 1.807) is 6.92 Å². The molecule has 1 heterocycles. The lowest BCUT2D eigenvalue weighted by atomic mass is 10.1. The smallest absolute Gasteiger partial charge is 0.321 e. The van der Waals surface area contributed by atoms with Gasteiger partial charge in [0.25, 0.3) is 0 Å². The number of urea groups is 1. The van der Waals surface area contributed by atoms with E-state index in [4.69, 9.17) is 0 Å². The van der Waals surface area contributed by atoms with Gasteiger partial charge in [-0.2, -0.15) is 4.37 Å². The van der Waals surface area contributed by atoms with Gasteiger partial charge >= 0.3 is 6.03 Å². The minimum absolute atomic E-state index is 0.0603. The SMILES string of the molecule is CCc1ccc([C@@H](C)NC(=O)Nc2nc(C)ns2)cc1. The number of amides is 2. The van der Waals surface area contributed by atoms with Gasteiger partial charge in [-0.05, 0) is 31.4 Å². The van der Waals surface area contributed by atoms with E-state index < -0.39 is 0 Å². The first kappa shape index (κ1) is 14.5. The summed E-state index contributed by atoms with van der Waals surface area (Å²) in [5, 5.41) is 6.07. The molecule has 0 aliphatic heterocycles. The van der Waals surface area contributed by atoms with E-state index in [0.717, 1.165) is 12.0 Å².